The average Bonchev–Trinajstić information content (AvgIpc) is 2.53. The molecule has 0 saturated carbocycles. The molecule has 0 aliphatic heterocycles. The summed E-state index contributed by atoms with van der Waals surface area (Å²) in [6.07, 6.45) is 0. The first-order valence-electron chi connectivity index (χ1n) is 7.07. The van der Waals surface area contributed by atoms with E-state index >= 15 is 0 Å². The molecule has 4 nitrogen and oxygen atoms in total. The van der Waals surface area contributed by atoms with Crippen LogP contribution >= 0.6 is 0 Å². The van der Waals surface area contributed by atoms with Crippen molar-refractivity contribution < 1.29 is 14.9 Å². The van der Waals surface area contributed by atoms with E-state index in [9.17, 15) is 5.11 Å². The molecule has 0 radical (unpaired) electrons. The monoisotopic (exact) mass is 287 g/mol. The summed E-state index contributed by atoms with van der Waals surface area (Å²) < 4.78 is 5.27. The minimum Gasteiger partial charge on any atom is -0.508 e. The number of aliphatic hydroxyl groups excluding tert-OH is 1. The number of rotatable bonds is 8. The highest BCUT2D eigenvalue weighted by Gasteiger charge is 2.12. The van der Waals surface area contributed by atoms with E-state index in [1.807, 2.05) is 30.3 Å². The smallest absolute Gasteiger partial charge is 0.115 e. The molecule has 2 aromatic rings. The molecule has 112 valence electrons. The van der Waals surface area contributed by atoms with Gasteiger partial charge in [0.2, 0.25) is 0 Å². The average molecular weight is 287 g/mol. The molecular weight excluding hydrogens is 266 g/mol. The molecule has 1 atom stereocenters. The van der Waals surface area contributed by atoms with Crippen molar-refractivity contribution in [2.75, 3.05) is 26.4 Å². The third-order valence-electron chi connectivity index (χ3n) is 3.19. The second-order valence-corrected chi connectivity index (χ2v) is 4.73. The number of hydrogen-bond acceptors (Lipinski definition) is 4. The molecule has 0 aromatic heterocycles. The quantitative estimate of drug-likeness (QED) is 0.651. The van der Waals surface area contributed by atoms with Crippen molar-refractivity contribution in [3.05, 3.63) is 65.7 Å². The van der Waals surface area contributed by atoms with E-state index in [2.05, 4.69) is 17.4 Å². The number of phenolic OH excluding ortho intramolecular Hbond substituents is 1. The first-order valence-corrected chi connectivity index (χ1v) is 7.07. The Hall–Kier alpha value is -1.88. The molecule has 0 amide bonds. The normalized spacial score (nSPS) is 12.2. The highest BCUT2D eigenvalue weighted by Crippen LogP contribution is 2.23. The fourth-order valence-electron chi connectivity index (χ4n) is 2.18. The van der Waals surface area contributed by atoms with E-state index in [-0.39, 0.29) is 18.4 Å². The maximum absolute atomic E-state index is 9.42. The van der Waals surface area contributed by atoms with E-state index in [1.54, 1.807) is 12.1 Å². The molecule has 2 rings (SSSR count). The predicted molar refractivity (Wildman–Crippen MR) is 82.3 cm³/mol. The molecule has 21 heavy (non-hydrogen) atoms. The minimum absolute atomic E-state index is 0.0417. The van der Waals surface area contributed by atoms with Crippen LogP contribution in [0.2, 0.25) is 0 Å². The van der Waals surface area contributed by atoms with Crippen molar-refractivity contribution in [2.24, 2.45) is 0 Å². The standard InChI is InChI=1S/C17H21NO3/c19-11-13-21-12-10-18-17(14-4-2-1-3-5-14)15-6-8-16(20)9-7-15/h1-9,17-20H,10-13H2. The van der Waals surface area contributed by atoms with Gasteiger partial charge in [0.05, 0.1) is 25.9 Å². The summed E-state index contributed by atoms with van der Waals surface area (Å²) in [6.45, 7) is 1.62. The van der Waals surface area contributed by atoms with Gasteiger partial charge in [-0.15, -0.1) is 0 Å². The molecule has 0 fully saturated rings. The van der Waals surface area contributed by atoms with Gasteiger partial charge in [0.15, 0.2) is 0 Å². The van der Waals surface area contributed by atoms with Crippen LogP contribution in [0.4, 0.5) is 0 Å². The second-order valence-electron chi connectivity index (χ2n) is 4.73. The Bertz CT molecular complexity index is 513. The van der Waals surface area contributed by atoms with Gasteiger partial charge in [-0.05, 0) is 23.3 Å². The number of aromatic hydroxyl groups is 1. The number of aliphatic hydroxyl groups is 1. The Morgan fingerprint density at radius 2 is 1.57 bits per heavy atom. The van der Waals surface area contributed by atoms with Crippen molar-refractivity contribution in [2.45, 2.75) is 6.04 Å². The van der Waals surface area contributed by atoms with Crippen LogP contribution in [0.5, 0.6) is 5.75 Å². The lowest BCUT2D eigenvalue weighted by Crippen LogP contribution is -2.26. The van der Waals surface area contributed by atoms with Crippen LogP contribution in [0, 0.1) is 0 Å². The van der Waals surface area contributed by atoms with Crippen molar-refractivity contribution in [1.29, 1.82) is 0 Å². The molecule has 1 unspecified atom stereocenters. The maximum Gasteiger partial charge on any atom is 0.115 e. The van der Waals surface area contributed by atoms with Crippen LogP contribution in [-0.2, 0) is 4.74 Å². The molecule has 0 saturated heterocycles. The van der Waals surface area contributed by atoms with E-state index in [0.29, 0.717) is 19.8 Å². The zero-order chi connectivity index (χ0) is 14.9. The fourth-order valence-corrected chi connectivity index (χ4v) is 2.18. The molecule has 2 aromatic carbocycles. The first-order chi connectivity index (χ1) is 10.3. The molecule has 0 aliphatic carbocycles. The lowest BCUT2D eigenvalue weighted by Gasteiger charge is -2.20. The minimum atomic E-state index is 0.0417. The molecule has 4 heteroatoms. The topological polar surface area (TPSA) is 61.7 Å². The summed E-state index contributed by atoms with van der Waals surface area (Å²) in [5.41, 5.74) is 2.24. The summed E-state index contributed by atoms with van der Waals surface area (Å²) in [5, 5.41) is 21.5. The maximum atomic E-state index is 9.42. The van der Waals surface area contributed by atoms with Gasteiger partial charge in [-0.3, -0.25) is 0 Å². The Morgan fingerprint density at radius 1 is 0.905 bits per heavy atom. The van der Waals surface area contributed by atoms with E-state index in [1.165, 1.54) is 0 Å². The van der Waals surface area contributed by atoms with Crippen molar-refractivity contribution >= 4 is 0 Å². The summed E-state index contributed by atoms with van der Waals surface area (Å²) in [5.74, 6) is 0.261. The van der Waals surface area contributed by atoms with Crippen LogP contribution in [0.3, 0.4) is 0 Å². The predicted octanol–water partition coefficient (Wildman–Crippen LogP) is 2.08. The summed E-state index contributed by atoms with van der Waals surface area (Å²) in [7, 11) is 0. The van der Waals surface area contributed by atoms with Crippen LogP contribution in [-0.4, -0.2) is 36.6 Å². The van der Waals surface area contributed by atoms with E-state index in [0.717, 1.165) is 11.1 Å². The molecular formula is C17H21NO3. The van der Waals surface area contributed by atoms with E-state index in [4.69, 9.17) is 9.84 Å². The van der Waals surface area contributed by atoms with Crippen LogP contribution < -0.4 is 5.32 Å². The molecule has 0 bridgehead atoms. The fraction of sp³-hybridized carbons (Fsp3) is 0.294. The van der Waals surface area contributed by atoms with Crippen molar-refractivity contribution in [3.63, 3.8) is 0 Å². The Balaban J connectivity index is 2.06. The van der Waals surface area contributed by atoms with Gasteiger partial charge in [0.25, 0.3) is 0 Å². The van der Waals surface area contributed by atoms with Gasteiger partial charge >= 0.3 is 0 Å². The summed E-state index contributed by atoms with van der Waals surface area (Å²) >= 11 is 0. The summed E-state index contributed by atoms with van der Waals surface area (Å²) in [4.78, 5) is 0. The van der Waals surface area contributed by atoms with Crippen LogP contribution in [0.25, 0.3) is 0 Å². The first kappa shape index (κ1) is 15.5. The summed E-state index contributed by atoms with van der Waals surface area (Å²) in [6, 6.07) is 17.4. The van der Waals surface area contributed by atoms with Crippen LogP contribution in [0.15, 0.2) is 54.6 Å². The Morgan fingerprint density at radius 3 is 2.24 bits per heavy atom. The number of phenols is 1. The van der Waals surface area contributed by atoms with Gasteiger partial charge in [-0.1, -0.05) is 42.5 Å². The second kappa shape index (κ2) is 8.42. The largest absolute Gasteiger partial charge is 0.508 e. The number of benzene rings is 2. The number of nitrogens with one attached hydrogen (secondary N) is 1. The Labute approximate surface area is 125 Å². The Kier molecular flexibility index (Phi) is 6.22. The van der Waals surface area contributed by atoms with Crippen molar-refractivity contribution in [1.82, 2.24) is 5.32 Å². The lowest BCUT2D eigenvalue weighted by atomic mass is 9.98. The van der Waals surface area contributed by atoms with Gasteiger partial charge < -0.3 is 20.3 Å². The van der Waals surface area contributed by atoms with E-state index < -0.39 is 0 Å². The van der Waals surface area contributed by atoms with Gasteiger partial charge in [0, 0.05) is 6.54 Å². The zero-order valence-corrected chi connectivity index (χ0v) is 11.9. The molecule has 0 heterocycles. The molecule has 3 N–H and O–H groups in total. The highest BCUT2D eigenvalue weighted by molar-refractivity contribution is 5.34. The molecule has 0 spiro atoms. The zero-order valence-electron chi connectivity index (χ0n) is 11.9. The highest BCUT2D eigenvalue weighted by atomic mass is 16.5. The number of ether oxygens (including phenoxy) is 1. The molecule has 0 aliphatic rings. The van der Waals surface area contributed by atoms with Gasteiger partial charge in [0.1, 0.15) is 5.75 Å². The third kappa shape index (κ3) is 4.86. The van der Waals surface area contributed by atoms with Gasteiger partial charge in [-0.2, -0.15) is 0 Å². The van der Waals surface area contributed by atoms with Gasteiger partial charge in [-0.25, -0.2) is 0 Å². The number of hydrogen-bond donors (Lipinski definition) is 3. The van der Waals surface area contributed by atoms with Crippen molar-refractivity contribution in [3.8, 4) is 5.75 Å². The third-order valence-corrected chi connectivity index (χ3v) is 3.19. The SMILES string of the molecule is OCCOCCNC(c1ccccc1)c1ccc(O)cc1. The van der Waals surface area contributed by atoms with Crippen LogP contribution in [0.1, 0.15) is 17.2 Å². The lowest BCUT2D eigenvalue weighted by molar-refractivity contribution is 0.0931.